The molecule has 0 fully saturated rings. The molecule has 1 atom stereocenters. The fraction of sp³-hybridized carbons (Fsp3) is 0.538. The van der Waals surface area contributed by atoms with E-state index in [0.29, 0.717) is 19.8 Å². The van der Waals surface area contributed by atoms with E-state index < -0.39 is 6.10 Å². The van der Waals surface area contributed by atoms with Crippen molar-refractivity contribution in [3.8, 4) is 5.75 Å². The third-order valence-corrected chi connectivity index (χ3v) is 3.10. The summed E-state index contributed by atoms with van der Waals surface area (Å²) in [5.74, 6) is 0.836. The highest BCUT2D eigenvalue weighted by atomic mass is 79.9. The summed E-state index contributed by atoms with van der Waals surface area (Å²) in [4.78, 5) is 2.01. The number of aliphatic hydroxyl groups excluding tert-OH is 1. The number of hydrogen-bond acceptors (Lipinski definition) is 4. The standard InChI is InChI=1S/C13H20BrNO3/c1-15(9-11(16)10-17-2)7-8-18-13-6-4-3-5-12(13)14/h3-6,11,16H,7-10H2,1-2H3. The summed E-state index contributed by atoms with van der Waals surface area (Å²) >= 11 is 3.43. The van der Waals surface area contributed by atoms with E-state index in [2.05, 4.69) is 15.9 Å². The quantitative estimate of drug-likeness (QED) is 0.793. The van der Waals surface area contributed by atoms with E-state index >= 15 is 0 Å². The first-order valence-electron chi connectivity index (χ1n) is 5.86. The van der Waals surface area contributed by atoms with E-state index in [1.807, 2.05) is 36.2 Å². The lowest BCUT2D eigenvalue weighted by molar-refractivity contribution is 0.0409. The molecule has 1 rings (SSSR count). The van der Waals surface area contributed by atoms with Crippen LogP contribution in [0.3, 0.4) is 0 Å². The van der Waals surface area contributed by atoms with Crippen LogP contribution in [0.15, 0.2) is 28.7 Å². The van der Waals surface area contributed by atoms with Crippen molar-refractivity contribution in [1.29, 1.82) is 0 Å². The van der Waals surface area contributed by atoms with Gasteiger partial charge in [0.2, 0.25) is 0 Å². The normalized spacial score (nSPS) is 12.7. The van der Waals surface area contributed by atoms with Crippen LogP contribution in [0.1, 0.15) is 0 Å². The topological polar surface area (TPSA) is 41.9 Å². The Morgan fingerprint density at radius 3 is 2.78 bits per heavy atom. The molecule has 0 spiro atoms. The fourth-order valence-electron chi connectivity index (χ4n) is 1.57. The zero-order valence-corrected chi connectivity index (χ0v) is 12.4. The van der Waals surface area contributed by atoms with Crippen LogP contribution in [-0.4, -0.2) is 56.6 Å². The van der Waals surface area contributed by atoms with Gasteiger partial charge in [-0.25, -0.2) is 0 Å². The molecule has 18 heavy (non-hydrogen) atoms. The van der Waals surface area contributed by atoms with Gasteiger partial charge in [-0.1, -0.05) is 12.1 Å². The third kappa shape index (κ3) is 5.82. The molecule has 0 bridgehead atoms. The maximum atomic E-state index is 9.57. The number of hydrogen-bond donors (Lipinski definition) is 1. The summed E-state index contributed by atoms with van der Waals surface area (Å²) in [7, 11) is 3.53. The monoisotopic (exact) mass is 317 g/mol. The number of methoxy groups -OCH3 is 1. The van der Waals surface area contributed by atoms with Crippen molar-refractivity contribution in [2.75, 3.05) is 40.5 Å². The molecule has 0 saturated carbocycles. The Labute approximate surface area is 117 Å². The molecule has 1 N–H and O–H groups in total. The van der Waals surface area contributed by atoms with Gasteiger partial charge < -0.3 is 19.5 Å². The van der Waals surface area contributed by atoms with Gasteiger partial charge in [0.25, 0.3) is 0 Å². The summed E-state index contributed by atoms with van der Waals surface area (Å²) in [5.41, 5.74) is 0. The molecule has 0 heterocycles. The Bertz CT molecular complexity index is 349. The summed E-state index contributed by atoms with van der Waals surface area (Å²) in [6.45, 7) is 2.27. The number of ether oxygens (including phenoxy) is 2. The lowest BCUT2D eigenvalue weighted by Crippen LogP contribution is -2.34. The second-order valence-electron chi connectivity index (χ2n) is 4.15. The molecule has 1 unspecified atom stereocenters. The van der Waals surface area contributed by atoms with E-state index in [4.69, 9.17) is 9.47 Å². The van der Waals surface area contributed by atoms with Gasteiger partial charge in [-0.15, -0.1) is 0 Å². The number of halogens is 1. The largest absolute Gasteiger partial charge is 0.491 e. The number of nitrogens with zero attached hydrogens (tertiary/aromatic N) is 1. The minimum atomic E-state index is -0.455. The molecule has 0 radical (unpaired) electrons. The van der Waals surface area contributed by atoms with Crippen molar-refractivity contribution in [3.63, 3.8) is 0 Å². The first-order chi connectivity index (χ1) is 8.63. The van der Waals surface area contributed by atoms with Gasteiger partial charge in [-0.05, 0) is 35.1 Å². The number of para-hydroxylation sites is 1. The molecule has 0 aliphatic heterocycles. The second-order valence-corrected chi connectivity index (χ2v) is 5.00. The maximum absolute atomic E-state index is 9.57. The van der Waals surface area contributed by atoms with Crippen LogP contribution in [0.2, 0.25) is 0 Å². The zero-order valence-electron chi connectivity index (χ0n) is 10.8. The molecule has 1 aromatic carbocycles. The molecule has 0 aromatic heterocycles. The lowest BCUT2D eigenvalue weighted by atomic mass is 10.3. The molecule has 1 aromatic rings. The van der Waals surface area contributed by atoms with Crippen LogP contribution in [-0.2, 0) is 4.74 Å². The van der Waals surface area contributed by atoms with Crippen molar-refractivity contribution in [2.45, 2.75) is 6.10 Å². The number of likely N-dealkylation sites (N-methyl/N-ethyl adjacent to an activating group) is 1. The smallest absolute Gasteiger partial charge is 0.133 e. The molecule has 0 saturated heterocycles. The third-order valence-electron chi connectivity index (χ3n) is 2.45. The summed E-state index contributed by atoms with van der Waals surface area (Å²) in [6, 6.07) is 7.75. The van der Waals surface area contributed by atoms with Gasteiger partial charge in [0.1, 0.15) is 12.4 Å². The predicted molar refractivity (Wildman–Crippen MR) is 75.0 cm³/mol. The second kappa shape index (κ2) is 8.48. The van der Waals surface area contributed by atoms with Gasteiger partial charge in [0.15, 0.2) is 0 Å². The van der Waals surface area contributed by atoms with E-state index in [0.717, 1.165) is 16.8 Å². The molecule has 0 aliphatic rings. The minimum Gasteiger partial charge on any atom is -0.491 e. The van der Waals surface area contributed by atoms with Crippen molar-refractivity contribution >= 4 is 15.9 Å². The summed E-state index contributed by atoms with van der Waals surface area (Å²) in [5, 5.41) is 9.57. The molecule has 102 valence electrons. The van der Waals surface area contributed by atoms with Crippen LogP contribution in [0.25, 0.3) is 0 Å². The van der Waals surface area contributed by atoms with Crippen LogP contribution >= 0.6 is 15.9 Å². The molecular formula is C13H20BrNO3. The van der Waals surface area contributed by atoms with Gasteiger partial charge in [-0.3, -0.25) is 0 Å². The van der Waals surface area contributed by atoms with Crippen LogP contribution in [0.4, 0.5) is 0 Å². The summed E-state index contributed by atoms with van der Waals surface area (Å²) in [6.07, 6.45) is -0.455. The minimum absolute atomic E-state index is 0.357. The molecular weight excluding hydrogens is 298 g/mol. The summed E-state index contributed by atoms with van der Waals surface area (Å²) < 4.78 is 11.5. The molecule has 0 amide bonds. The van der Waals surface area contributed by atoms with Crippen LogP contribution in [0.5, 0.6) is 5.75 Å². The predicted octanol–water partition coefficient (Wildman–Crippen LogP) is 1.77. The Kier molecular flexibility index (Phi) is 7.27. The number of aliphatic hydroxyl groups is 1. The van der Waals surface area contributed by atoms with Crippen LogP contribution < -0.4 is 4.74 Å². The van der Waals surface area contributed by atoms with Crippen molar-refractivity contribution < 1.29 is 14.6 Å². The van der Waals surface area contributed by atoms with Gasteiger partial charge >= 0.3 is 0 Å². The lowest BCUT2D eigenvalue weighted by Gasteiger charge is -2.20. The van der Waals surface area contributed by atoms with Gasteiger partial charge in [0, 0.05) is 20.2 Å². The van der Waals surface area contributed by atoms with Crippen LogP contribution in [0, 0.1) is 0 Å². The number of rotatable bonds is 8. The fourth-order valence-corrected chi connectivity index (χ4v) is 1.97. The Balaban J connectivity index is 2.23. The highest BCUT2D eigenvalue weighted by molar-refractivity contribution is 9.10. The Morgan fingerprint density at radius 1 is 1.39 bits per heavy atom. The molecule has 0 aliphatic carbocycles. The first-order valence-corrected chi connectivity index (χ1v) is 6.65. The van der Waals surface area contributed by atoms with Crippen molar-refractivity contribution in [1.82, 2.24) is 4.90 Å². The first kappa shape index (κ1) is 15.4. The van der Waals surface area contributed by atoms with E-state index in [9.17, 15) is 5.11 Å². The van der Waals surface area contributed by atoms with E-state index in [1.165, 1.54) is 0 Å². The van der Waals surface area contributed by atoms with Crippen molar-refractivity contribution in [3.05, 3.63) is 28.7 Å². The Morgan fingerprint density at radius 2 is 2.11 bits per heavy atom. The SMILES string of the molecule is COCC(O)CN(C)CCOc1ccccc1Br. The zero-order chi connectivity index (χ0) is 13.4. The average Bonchev–Trinajstić information content (AvgIpc) is 2.31. The van der Waals surface area contributed by atoms with Crippen molar-refractivity contribution in [2.24, 2.45) is 0 Å². The van der Waals surface area contributed by atoms with E-state index in [1.54, 1.807) is 7.11 Å². The van der Waals surface area contributed by atoms with Gasteiger partial charge in [0.05, 0.1) is 17.2 Å². The highest BCUT2D eigenvalue weighted by Gasteiger charge is 2.08. The average molecular weight is 318 g/mol. The Hall–Kier alpha value is -0.620. The van der Waals surface area contributed by atoms with E-state index in [-0.39, 0.29) is 0 Å². The number of benzene rings is 1. The molecule has 4 nitrogen and oxygen atoms in total. The highest BCUT2D eigenvalue weighted by Crippen LogP contribution is 2.23. The molecule has 5 heteroatoms. The van der Waals surface area contributed by atoms with Gasteiger partial charge in [-0.2, -0.15) is 0 Å². The maximum Gasteiger partial charge on any atom is 0.133 e.